The second kappa shape index (κ2) is 6.51. The molecule has 3 heterocycles. The number of aromatic nitrogens is 1. The summed E-state index contributed by atoms with van der Waals surface area (Å²) >= 11 is 1.86. The fourth-order valence-corrected chi connectivity index (χ4v) is 3.97. The first-order valence-electron chi connectivity index (χ1n) is 7.40. The molecule has 0 spiro atoms. The van der Waals surface area contributed by atoms with Crippen LogP contribution < -0.4 is 4.90 Å². The molecule has 0 N–H and O–H groups in total. The summed E-state index contributed by atoms with van der Waals surface area (Å²) in [6, 6.07) is 1.35. The lowest BCUT2D eigenvalue weighted by atomic mass is 10.1. The van der Waals surface area contributed by atoms with E-state index in [0.717, 1.165) is 37.4 Å². The van der Waals surface area contributed by atoms with Crippen LogP contribution in [0.5, 0.6) is 0 Å². The Morgan fingerprint density at radius 1 is 1.36 bits per heavy atom. The zero-order chi connectivity index (χ0) is 15.5. The Morgan fingerprint density at radius 2 is 2.14 bits per heavy atom. The number of rotatable bonds is 3. The van der Waals surface area contributed by atoms with Gasteiger partial charge in [0.15, 0.2) is 0 Å². The van der Waals surface area contributed by atoms with Gasteiger partial charge in [0.25, 0.3) is 0 Å². The van der Waals surface area contributed by atoms with Gasteiger partial charge in [-0.3, -0.25) is 19.9 Å². The first kappa shape index (κ1) is 15.1. The molecule has 1 amide bonds. The summed E-state index contributed by atoms with van der Waals surface area (Å²) in [6.07, 6.45) is 4.42. The smallest absolute Gasteiger partial charge is 0.310 e. The molecule has 1 aromatic rings. The lowest BCUT2D eigenvalue weighted by Gasteiger charge is -2.33. The number of amides is 1. The molecule has 0 aromatic carbocycles. The summed E-state index contributed by atoms with van der Waals surface area (Å²) < 4.78 is 0. The third-order valence-electron chi connectivity index (χ3n) is 4.14. The second-order valence-corrected chi connectivity index (χ2v) is 6.64. The molecule has 0 bridgehead atoms. The number of pyridine rings is 1. The standard InChI is InChI=1S/C14H18N4O3S/c19-14(16-6-8-22-9-7-16)12-2-1-5-17(12)11-3-4-15-10-13(11)18(20)21/h3-4,10,12H,1-2,5-9H2/t12-/m0/s1. The van der Waals surface area contributed by atoms with Crippen molar-refractivity contribution < 1.29 is 9.72 Å². The summed E-state index contributed by atoms with van der Waals surface area (Å²) in [6.45, 7) is 2.21. The molecular formula is C14H18N4O3S. The second-order valence-electron chi connectivity index (χ2n) is 5.41. The summed E-state index contributed by atoms with van der Waals surface area (Å²) in [7, 11) is 0. The van der Waals surface area contributed by atoms with Crippen LogP contribution in [0.25, 0.3) is 0 Å². The van der Waals surface area contributed by atoms with Gasteiger partial charge in [-0.2, -0.15) is 11.8 Å². The number of carbonyl (C=O) groups is 1. The third-order valence-corrected chi connectivity index (χ3v) is 5.09. The summed E-state index contributed by atoms with van der Waals surface area (Å²) in [5, 5.41) is 11.2. The Hall–Kier alpha value is -1.83. The molecule has 0 radical (unpaired) electrons. The Balaban J connectivity index is 1.84. The van der Waals surface area contributed by atoms with E-state index in [0.29, 0.717) is 12.2 Å². The van der Waals surface area contributed by atoms with Crippen molar-refractivity contribution in [3.05, 3.63) is 28.6 Å². The zero-order valence-electron chi connectivity index (χ0n) is 12.2. The maximum absolute atomic E-state index is 12.8. The van der Waals surface area contributed by atoms with Crippen molar-refractivity contribution in [2.45, 2.75) is 18.9 Å². The van der Waals surface area contributed by atoms with E-state index in [9.17, 15) is 14.9 Å². The number of nitro groups is 1. The quantitative estimate of drug-likeness (QED) is 0.620. The maximum Gasteiger partial charge on any atom is 0.310 e. The Bertz CT molecular complexity index is 577. The zero-order valence-corrected chi connectivity index (χ0v) is 13.0. The van der Waals surface area contributed by atoms with E-state index in [2.05, 4.69) is 4.98 Å². The summed E-state index contributed by atoms with van der Waals surface area (Å²) in [5.74, 6) is 2.03. The Morgan fingerprint density at radius 3 is 2.86 bits per heavy atom. The van der Waals surface area contributed by atoms with Crippen LogP contribution >= 0.6 is 11.8 Å². The largest absolute Gasteiger partial charge is 0.354 e. The minimum atomic E-state index is -0.431. The van der Waals surface area contributed by atoms with E-state index in [1.807, 2.05) is 21.6 Å². The van der Waals surface area contributed by atoms with Crippen molar-refractivity contribution in [2.24, 2.45) is 0 Å². The number of carbonyl (C=O) groups excluding carboxylic acids is 1. The molecule has 1 atom stereocenters. The average molecular weight is 322 g/mol. The first-order chi connectivity index (χ1) is 10.7. The predicted octanol–water partition coefficient (Wildman–Crippen LogP) is 1.53. The fraction of sp³-hybridized carbons (Fsp3) is 0.571. The van der Waals surface area contributed by atoms with E-state index in [-0.39, 0.29) is 17.6 Å². The molecule has 0 saturated carbocycles. The number of hydrogen-bond donors (Lipinski definition) is 0. The molecule has 8 heteroatoms. The van der Waals surface area contributed by atoms with Gasteiger partial charge in [0.2, 0.25) is 5.91 Å². The van der Waals surface area contributed by atoms with Gasteiger partial charge in [0.1, 0.15) is 17.9 Å². The third kappa shape index (κ3) is 2.87. The van der Waals surface area contributed by atoms with Gasteiger partial charge in [-0.05, 0) is 18.9 Å². The normalized spacial score (nSPS) is 21.9. The van der Waals surface area contributed by atoms with Gasteiger partial charge < -0.3 is 9.80 Å². The van der Waals surface area contributed by atoms with Crippen LogP contribution in [0, 0.1) is 10.1 Å². The van der Waals surface area contributed by atoms with Crippen molar-refractivity contribution in [1.82, 2.24) is 9.88 Å². The average Bonchev–Trinajstić information content (AvgIpc) is 3.04. The van der Waals surface area contributed by atoms with Crippen molar-refractivity contribution >= 4 is 29.0 Å². The molecule has 0 aliphatic carbocycles. The lowest BCUT2D eigenvalue weighted by molar-refractivity contribution is -0.384. The molecule has 118 valence electrons. The molecule has 2 saturated heterocycles. The van der Waals surface area contributed by atoms with Gasteiger partial charge in [-0.25, -0.2) is 0 Å². The van der Waals surface area contributed by atoms with Crippen molar-refractivity contribution in [3.8, 4) is 0 Å². The van der Waals surface area contributed by atoms with Crippen LogP contribution in [0.4, 0.5) is 11.4 Å². The van der Waals surface area contributed by atoms with Gasteiger partial charge >= 0.3 is 5.69 Å². The number of thioether (sulfide) groups is 1. The predicted molar refractivity (Wildman–Crippen MR) is 85.2 cm³/mol. The molecule has 2 aliphatic heterocycles. The molecule has 3 rings (SSSR count). The van der Waals surface area contributed by atoms with Gasteiger partial charge in [0, 0.05) is 37.3 Å². The fourth-order valence-electron chi connectivity index (χ4n) is 3.07. The van der Waals surface area contributed by atoms with E-state index in [1.165, 1.54) is 6.20 Å². The molecule has 1 aromatic heterocycles. The lowest BCUT2D eigenvalue weighted by Crippen LogP contribution is -2.48. The maximum atomic E-state index is 12.8. The highest BCUT2D eigenvalue weighted by molar-refractivity contribution is 7.99. The number of anilines is 1. The highest BCUT2D eigenvalue weighted by atomic mass is 32.2. The highest BCUT2D eigenvalue weighted by Crippen LogP contribution is 2.33. The summed E-state index contributed by atoms with van der Waals surface area (Å²) in [4.78, 5) is 31.1. The monoisotopic (exact) mass is 322 g/mol. The Kier molecular flexibility index (Phi) is 4.47. The van der Waals surface area contributed by atoms with Crippen LogP contribution in [-0.2, 0) is 4.79 Å². The van der Waals surface area contributed by atoms with E-state index in [1.54, 1.807) is 12.3 Å². The van der Waals surface area contributed by atoms with Crippen molar-refractivity contribution in [1.29, 1.82) is 0 Å². The SMILES string of the molecule is O=C([C@@H]1CCCN1c1ccncc1[N+](=O)[O-])N1CCSCC1. The molecule has 0 unspecified atom stereocenters. The molecule has 2 aliphatic rings. The molecular weight excluding hydrogens is 304 g/mol. The van der Waals surface area contributed by atoms with E-state index >= 15 is 0 Å². The van der Waals surface area contributed by atoms with Crippen molar-refractivity contribution in [3.63, 3.8) is 0 Å². The van der Waals surface area contributed by atoms with Crippen molar-refractivity contribution in [2.75, 3.05) is 36.0 Å². The van der Waals surface area contributed by atoms with Gasteiger partial charge in [-0.1, -0.05) is 0 Å². The van der Waals surface area contributed by atoms with Crippen LogP contribution in [0.15, 0.2) is 18.5 Å². The van der Waals surface area contributed by atoms with Gasteiger partial charge in [-0.15, -0.1) is 0 Å². The van der Waals surface area contributed by atoms with Crippen LogP contribution in [0.2, 0.25) is 0 Å². The molecule has 22 heavy (non-hydrogen) atoms. The van der Waals surface area contributed by atoms with Crippen LogP contribution in [0.1, 0.15) is 12.8 Å². The highest BCUT2D eigenvalue weighted by Gasteiger charge is 2.36. The topological polar surface area (TPSA) is 79.6 Å². The minimum absolute atomic E-state index is 0.0311. The van der Waals surface area contributed by atoms with E-state index < -0.39 is 4.92 Å². The first-order valence-corrected chi connectivity index (χ1v) is 8.55. The summed E-state index contributed by atoms with van der Waals surface area (Å²) in [5.41, 5.74) is 0.471. The number of hydrogen-bond acceptors (Lipinski definition) is 6. The Labute approximate surface area is 132 Å². The van der Waals surface area contributed by atoms with E-state index in [4.69, 9.17) is 0 Å². The molecule has 2 fully saturated rings. The minimum Gasteiger partial charge on any atom is -0.354 e. The van der Waals surface area contributed by atoms with Crippen LogP contribution in [-0.4, -0.2) is 57.9 Å². The molecule has 7 nitrogen and oxygen atoms in total. The van der Waals surface area contributed by atoms with Crippen LogP contribution in [0.3, 0.4) is 0 Å². The van der Waals surface area contributed by atoms with Gasteiger partial charge in [0.05, 0.1) is 4.92 Å². The number of nitrogens with zero attached hydrogens (tertiary/aromatic N) is 4.